The first-order valence-electron chi connectivity index (χ1n) is 7.85. The topological polar surface area (TPSA) is 12.0 Å². The van der Waals surface area contributed by atoms with E-state index in [0.29, 0.717) is 11.5 Å². The van der Waals surface area contributed by atoms with Crippen LogP contribution in [-0.4, -0.2) is 6.04 Å². The monoisotopic (exact) mass is 279 g/mol. The van der Waals surface area contributed by atoms with Gasteiger partial charge in [0.2, 0.25) is 0 Å². The molecule has 1 N–H and O–H groups in total. The van der Waals surface area contributed by atoms with Gasteiger partial charge in [0.1, 0.15) is 0 Å². The van der Waals surface area contributed by atoms with Crippen molar-refractivity contribution in [3.63, 3.8) is 0 Å². The molecule has 0 aromatic heterocycles. The lowest BCUT2D eigenvalue weighted by atomic mass is 9.93. The Hall–Kier alpha value is -1.60. The molecule has 110 valence electrons. The van der Waals surface area contributed by atoms with Gasteiger partial charge in [-0.25, -0.2) is 0 Å². The minimum Gasteiger partial charge on any atom is -0.303 e. The molecule has 2 atom stereocenters. The van der Waals surface area contributed by atoms with Gasteiger partial charge in [-0.05, 0) is 42.4 Å². The molecule has 0 heterocycles. The molecule has 1 fully saturated rings. The molecule has 3 rings (SSSR count). The molecule has 2 unspecified atom stereocenters. The van der Waals surface area contributed by atoms with Gasteiger partial charge in [-0.2, -0.15) is 0 Å². The fraction of sp³-hybridized carbons (Fsp3) is 0.400. The maximum absolute atomic E-state index is 3.88. The molecule has 2 aromatic rings. The Morgan fingerprint density at radius 1 is 1.05 bits per heavy atom. The average molecular weight is 279 g/mol. The van der Waals surface area contributed by atoms with Crippen LogP contribution < -0.4 is 5.32 Å². The summed E-state index contributed by atoms with van der Waals surface area (Å²) in [5, 5.41) is 3.88. The molecule has 0 saturated heterocycles. The lowest BCUT2D eigenvalue weighted by Gasteiger charge is -2.23. The van der Waals surface area contributed by atoms with Crippen molar-refractivity contribution in [1.82, 2.24) is 5.32 Å². The first-order chi connectivity index (χ1) is 9.97. The first kappa shape index (κ1) is 14.3. The molecular weight excluding hydrogens is 254 g/mol. The summed E-state index contributed by atoms with van der Waals surface area (Å²) in [6, 6.07) is 18.5. The second-order valence-electron chi connectivity index (χ2n) is 7.12. The lowest BCUT2D eigenvalue weighted by Crippen LogP contribution is -2.28. The highest BCUT2D eigenvalue weighted by molar-refractivity contribution is 5.39. The standard InChI is InChI=1S/C20H25N/c1-14-10-11-15(2)17(12-14)19(16-8-6-5-7-9-16)21-18-13-20(18,3)4/h5-12,18-19,21H,13H2,1-4H3. The van der Waals surface area contributed by atoms with Crippen molar-refractivity contribution < 1.29 is 0 Å². The zero-order chi connectivity index (χ0) is 15.0. The first-order valence-corrected chi connectivity index (χ1v) is 7.85. The number of nitrogens with one attached hydrogen (secondary N) is 1. The predicted molar refractivity (Wildman–Crippen MR) is 89.5 cm³/mol. The molecule has 1 heteroatoms. The molecule has 0 spiro atoms. The second-order valence-corrected chi connectivity index (χ2v) is 7.12. The van der Waals surface area contributed by atoms with Crippen LogP contribution in [0.25, 0.3) is 0 Å². The van der Waals surface area contributed by atoms with Gasteiger partial charge in [-0.3, -0.25) is 0 Å². The van der Waals surface area contributed by atoms with Crippen molar-refractivity contribution in [2.45, 2.75) is 46.2 Å². The summed E-state index contributed by atoms with van der Waals surface area (Å²) >= 11 is 0. The van der Waals surface area contributed by atoms with Crippen molar-refractivity contribution in [2.75, 3.05) is 0 Å². The van der Waals surface area contributed by atoms with E-state index in [1.807, 2.05) is 0 Å². The number of hydrogen-bond donors (Lipinski definition) is 1. The van der Waals surface area contributed by atoms with Gasteiger partial charge in [-0.1, -0.05) is 67.9 Å². The highest BCUT2D eigenvalue weighted by atomic mass is 15.0. The second kappa shape index (κ2) is 5.31. The Bertz CT molecular complexity index is 628. The van der Waals surface area contributed by atoms with Crippen LogP contribution >= 0.6 is 0 Å². The van der Waals surface area contributed by atoms with Gasteiger partial charge in [0.05, 0.1) is 6.04 Å². The van der Waals surface area contributed by atoms with E-state index < -0.39 is 0 Å². The Kier molecular flexibility index (Phi) is 3.62. The summed E-state index contributed by atoms with van der Waals surface area (Å²) in [6.07, 6.45) is 1.27. The van der Waals surface area contributed by atoms with E-state index in [1.165, 1.54) is 28.7 Å². The number of benzene rings is 2. The van der Waals surface area contributed by atoms with Crippen molar-refractivity contribution >= 4 is 0 Å². The van der Waals surface area contributed by atoms with Crippen molar-refractivity contribution in [3.05, 3.63) is 70.8 Å². The Labute approximate surface area is 128 Å². The van der Waals surface area contributed by atoms with Crippen molar-refractivity contribution in [1.29, 1.82) is 0 Å². The molecule has 0 bridgehead atoms. The van der Waals surface area contributed by atoms with Crippen LogP contribution in [-0.2, 0) is 0 Å². The van der Waals surface area contributed by atoms with Gasteiger partial charge in [0, 0.05) is 6.04 Å². The quantitative estimate of drug-likeness (QED) is 0.849. The summed E-state index contributed by atoms with van der Waals surface area (Å²) in [5.74, 6) is 0. The zero-order valence-electron chi connectivity index (χ0n) is 13.5. The van der Waals surface area contributed by atoms with E-state index in [1.54, 1.807) is 0 Å². The maximum Gasteiger partial charge on any atom is 0.0581 e. The van der Waals surface area contributed by atoms with Gasteiger partial charge in [0.15, 0.2) is 0 Å². The predicted octanol–water partition coefficient (Wildman–Crippen LogP) is 4.78. The van der Waals surface area contributed by atoms with E-state index in [4.69, 9.17) is 0 Å². The Morgan fingerprint density at radius 3 is 2.33 bits per heavy atom. The third-order valence-electron chi connectivity index (χ3n) is 4.76. The number of aryl methyl sites for hydroxylation is 2. The summed E-state index contributed by atoms with van der Waals surface area (Å²) in [7, 11) is 0. The fourth-order valence-corrected chi connectivity index (χ4v) is 3.03. The van der Waals surface area contributed by atoms with Crippen LogP contribution in [0.3, 0.4) is 0 Å². The van der Waals surface area contributed by atoms with E-state index >= 15 is 0 Å². The Balaban J connectivity index is 1.98. The molecule has 1 aliphatic rings. The minimum atomic E-state index is 0.290. The molecule has 1 saturated carbocycles. The largest absolute Gasteiger partial charge is 0.303 e. The highest BCUT2D eigenvalue weighted by Crippen LogP contribution is 2.46. The minimum absolute atomic E-state index is 0.290. The summed E-state index contributed by atoms with van der Waals surface area (Å²) in [6.45, 7) is 9.07. The molecule has 0 radical (unpaired) electrons. The molecule has 21 heavy (non-hydrogen) atoms. The van der Waals surface area contributed by atoms with Gasteiger partial charge >= 0.3 is 0 Å². The van der Waals surface area contributed by atoms with Crippen LogP contribution in [0.5, 0.6) is 0 Å². The van der Waals surface area contributed by atoms with E-state index in [9.17, 15) is 0 Å². The normalized spacial score (nSPS) is 21.0. The average Bonchev–Trinajstić information content (AvgIpc) is 3.07. The third-order valence-corrected chi connectivity index (χ3v) is 4.76. The van der Waals surface area contributed by atoms with E-state index in [0.717, 1.165) is 0 Å². The maximum atomic E-state index is 3.88. The van der Waals surface area contributed by atoms with Gasteiger partial charge in [-0.15, -0.1) is 0 Å². The molecule has 0 amide bonds. The van der Waals surface area contributed by atoms with Crippen LogP contribution in [0.2, 0.25) is 0 Å². The van der Waals surface area contributed by atoms with Crippen LogP contribution in [0.1, 0.15) is 48.6 Å². The summed E-state index contributed by atoms with van der Waals surface area (Å²) < 4.78 is 0. The van der Waals surface area contributed by atoms with Crippen LogP contribution in [0, 0.1) is 19.3 Å². The highest BCUT2D eigenvalue weighted by Gasteiger charge is 2.46. The van der Waals surface area contributed by atoms with Gasteiger partial charge < -0.3 is 5.32 Å². The zero-order valence-corrected chi connectivity index (χ0v) is 13.5. The molecule has 0 aliphatic heterocycles. The summed E-state index contributed by atoms with van der Waals surface area (Å²) in [5.41, 5.74) is 5.89. The van der Waals surface area contributed by atoms with Gasteiger partial charge in [0.25, 0.3) is 0 Å². The van der Waals surface area contributed by atoms with Crippen molar-refractivity contribution in [2.24, 2.45) is 5.41 Å². The molecular formula is C20H25N. The summed E-state index contributed by atoms with van der Waals surface area (Å²) in [4.78, 5) is 0. The lowest BCUT2D eigenvalue weighted by molar-refractivity contribution is 0.506. The van der Waals surface area contributed by atoms with Crippen LogP contribution in [0.15, 0.2) is 48.5 Å². The fourth-order valence-electron chi connectivity index (χ4n) is 3.03. The smallest absolute Gasteiger partial charge is 0.0581 e. The number of hydrogen-bond acceptors (Lipinski definition) is 1. The van der Waals surface area contributed by atoms with E-state index in [-0.39, 0.29) is 6.04 Å². The third kappa shape index (κ3) is 3.03. The van der Waals surface area contributed by atoms with Crippen molar-refractivity contribution in [3.8, 4) is 0 Å². The Morgan fingerprint density at radius 2 is 1.71 bits per heavy atom. The molecule has 2 aromatic carbocycles. The SMILES string of the molecule is Cc1ccc(C)c(C(NC2CC2(C)C)c2ccccc2)c1. The molecule has 1 aliphatic carbocycles. The van der Waals surface area contributed by atoms with E-state index in [2.05, 4.69) is 81.5 Å². The number of rotatable bonds is 4. The molecule has 1 nitrogen and oxygen atoms in total. The van der Waals surface area contributed by atoms with Crippen LogP contribution in [0.4, 0.5) is 0 Å².